The number of pyridine rings is 1. The van der Waals surface area contributed by atoms with E-state index in [4.69, 9.17) is 0 Å². The van der Waals surface area contributed by atoms with Crippen molar-refractivity contribution in [2.75, 3.05) is 17.6 Å². The number of para-hydroxylation sites is 1. The topological polar surface area (TPSA) is 71.1 Å². The molecule has 5 nitrogen and oxygen atoms in total. The Kier molecular flexibility index (Phi) is 7.20. The van der Waals surface area contributed by atoms with Crippen molar-refractivity contribution in [3.05, 3.63) is 66.4 Å². The molecule has 31 heavy (non-hydrogen) atoms. The second-order valence-corrected chi connectivity index (χ2v) is 8.98. The number of thioether (sulfide) groups is 1. The molecular weight excluding hydrogens is 406 g/mol. The largest absolute Gasteiger partial charge is 0.355 e. The fourth-order valence-electron chi connectivity index (χ4n) is 3.96. The molecule has 0 spiro atoms. The van der Waals surface area contributed by atoms with Gasteiger partial charge in [0.15, 0.2) is 0 Å². The number of hydrogen-bond donors (Lipinski definition) is 2. The summed E-state index contributed by atoms with van der Waals surface area (Å²) in [7, 11) is 0. The molecule has 6 heteroatoms. The number of rotatable bonds is 7. The standard InChI is InChI=1S/C25H27N3O2S/c29-24(27-15-18-8-2-1-3-9-18)17-31-23-13-7-5-11-21(23)25(30)28-20-14-19-10-4-6-12-22(19)26-16-20/h4-7,10-14,16,18H,1-3,8-9,15,17H2,(H,27,29)(H,28,30). The molecule has 1 heterocycles. The number of aromatic nitrogens is 1. The summed E-state index contributed by atoms with van der Waals surface area (Å²) in [4.78, 5) is 30.4. The van der Waals surface area contributed by atoms with E-state index >= 15 is 0 Å². The van der Waals surface area contributed by atoms with Gasteiger partial charge in [-0.15, -0.1) is 11.8 Å². The van der Waals surface area contributed by atoms with Gasteiger partial charge >= 0.3 is 0 Å². The summed E-state index contributed by atoms with van der Waals surface area (Å²) < 4.78 is 0. The van der Waals surface area contributed by atoms with Gasteiger partial charge in [-0.3, -0.25) is 14.6 Å². The number of benzene rings is 2. The SMILES string of the molecule is O=C(CSc1ccccc1C(=O)Nc1cnc2ccccc2c1)NCC1CCCCC1. The first-order chi connectivity index (χ1) is 15.2. The van der Waals surface area contributed by atoms with Crippen LogP contribution in [-0.2, 0) is 4.79 Å². The summed E-state index contributed by atoms with van der Waals surface area (Å²) >= 11 is 1.39. The Hall–Kier alpha value is -2.86. The quantitative estimate of drug-likeness (QED) is 0.498. The summed E-state index contributed by atoms with van der Waals surface area (Å²) in [6, 6.07) is 17.1. The van der Waals surface area contributed by atoms with Gasteiger partial charge in [0.2, 0.25) is 5.91 Å². The fourth-order valence-corrected chi connectivity index (χ4v) is 4.84. The van der Waals surface area contributed by atoms with Crippen molar-refractivity contribution >= 4 is 40.2 Å². The molecule has 0 unspecified atom stereocenters. The molecule has 2 N–H and O–H groups in total. The van der Waals surface area contributed by atoms with Gasteiger partial charge in [0, 0.05) is 16.8 Å². The minimum atomic E-state index is -0.206. The Morgan fingerprint density at radius 2 is 1.77 bits per heavy atom. The highest BCUT2D eigenvalue weighted by Crippen LogP contribution is 2.25. The molecule has 1 aromatic heterocycles. The van der Waals surface area contributed by atoms with Crippen LogP contribution >= 0.6 is 11.8 Å². The van der Waals surface area contributed by atoms with Crippen LogP contribution in [-0.4, -0.2) is 29.1 Å². The molecule has 2 aromatic carbocycles. The number of nitrogens with one attached hydrogen (secondary N) is 2. The zero-order valence-electron chi connectivity index (χ0n) is 17.5. The van der Waals surface area contributed by atoms with Crippen molar-refractivity contribution in [3.8, 4) is 0 Å². The van der Waals surface area contributed by atoms with E-state index in [0.29, 0.717) is 22.9 Å². The second kappa shape index (κ2) is 10.4. The molecular formula is C25H27N3O2S. The van der Waals surface area contributed by atoms with Crippen molar-refractivity contribution in [2.24, 2.45) is 5.92 Å². The molecule has 160 valence electrons. The van der Waals surface area contributed by atoms with E-state index in [2.05, 4.69) is 15.6 Å². The maximum Gasteiger partial charge on any atom is 0.256 e. The van der Waals surface area contributed by atoms with Crippen molar-refractivity contribution < 1.29 is 9.59 Å². The lowest BCUT2D eigenvalue weighted by Gasteiger charge is -2.21. The van der Waals surface area contributed by atoms with E-state index in [0.717, 1.165) is 22.3 Å². The van der Waals surface area contributed by atoms with Crippen LogP contribution in [0.15, 0.2) is 65.7 Å². The maximum atomic E-state index is 12.9. The van der Waals surface area contributed by atoms with Gasteiger partial charge in [0.25, 0.3) is 5.91 Å². The van der Waals surface area contributed by atoms with E-state index in [1.54, 1.807) is 12.3 Å². The van der Waals surface area contributed by atoms with Gasteiger partial charge in [-0.05, 0) is 43.0 Å². The van der Waals surface area contributed by atoms with Crippen LogP contribution in [0.5, 0.6) is 0 Å². The Morgan fingerprint density at radius 1 is 1.00 bits per heavy atom. The molecule has 0 radical (unpaired) electrons. The van der Waals surface area contributed by atoms with Crippen LogP contribution in [0.3, 0.4) is 0 Å². The number of carbonyl (C=O) groups excluding carboxylic acids is 2. The minimum absolute atomic E-state index is 0.0181. The molecule has 1 saturated carbocycles. The minimum Gasteiger partial charge on any atom is -0.355 e. The van der Waals surface area contributed by atoms with Gasteiger partial charge in [-0.25, -0.2) is 0 Å². The predicted octanol–water partition coefficient (Wildman–Crippen LogP) is 5.28. The summed E-state index contributed by atoms with van der Waals surface area (Å²) in [6.07, 6.45) is 7.93. The van der Waals surface area contributed by atoms with Gasteiger partial charge in [-0.2, -0.15) is 0 Å². The molecule has 0 saturated heterocycles. The molecule has 4 rings (SSSR count). The van der Waals surface area contributed by atoms with E-state index < -0.39 is 0 Å². The summed E-state index contributed by atoms with van der Waals surface area (Å²) in [5, 5.41) is 6.96. The lowest BCUT2D eigenvalue weighted by Crippen LogP contribution is -2.31. The first kappa shape index (κ1) is 21.4. The third kappa shape index (κ3) is 5.85. The van der Waals surface area contributed by atoms with Crippen LogP contribution in [0.1, 0.15) is 42.5 Å². The van der Waals surface area contributed by atoms with E-state index in [1.807, 2.05) is 48.5 Å². The number of fused-ring (bicyclic) bond motifs is 1. The Balaban J connectivity index is 1.35. The predicted molar refractivity (Wildman–Crippen MR) is 126 cm³/mol. The number of carbonyl (C=O) groups is 2. The lowest BCUT2D eigenvalue weighted by molar-refractivity contribution is -0.118. The molecule has 3 aromatic rings. The Bertz CT molecular complexity index is 1060. The first-order valence-electron chi connectivity index (χ1n) is 10.8. The molecule has 2 amide bonds. The highest BCUT2D eigenvalue weighted by Gasteiger charge is 2.16. The van der Waals surface area contributed by atoms with Crippen molar-refractivity contribution in [1.82, 2.24) is 10.3 Å². The number of hydrogen-bond acceptors (Lipinski definition) is 4. The van der Waals surface area contributed by atoms with Gasteiger partial charge in [-0.1, -0.05) is 49.6 Å². The molecule has 0 atom stereocenters. The van der Waals surface area contributed by atoms with Crippen molar-refractivity contribution in [2.45, 2.75) is 37.0 Å². The monoisotopic (exact) mass is 433 g/mol. The average Bonchev–Trinajstić information content (AvgIpc) is 2.82. The maximum absolute atomic E-state index is 12.9. The van der Waals surface area contributed by atoms with E-state index in [1.165, 1.54) is 43.9 Å². The molecule has 1 fully saturated rings. The summed E-state index contributed by atoms with van der Waals surface area (Å²) in [6.45, 7) is 0.760. The first-order valence-corrected chi connectivity index (χ1v) is 11.8. The zero-order valence-corrected chi connectivity index (χ0v) is 18.3. The van der Waals surface area contributed by atoms with Gasteiger partial charge in [0.1, 0.15) is 0 Å². The average molecular weight is 434 g/mol. The third-order valence-electron chi connectivity index (χ3n) is 5.65. The van der Waals surface area contributed by atoms with Crippen LogP contribution in [0.2, 0.25) is 0 Å². The van der Waals surface area contributed by atoms with Crippen LogP contribution in [0.25, 0.3) is 10.9 Å². The molecule has 1 aliphatic rings. The highest BCUT2D eigenvalue weighted by molar-refractivity contribution is 8.00. The Morgan fingerprint density at radius 3 is 2.65 bits per heavy atom. The number of nitrogens with zero attached hydrogens (tertiary/aromatic N) is 1. The Labute approximate surface area is 187 Å². The molecule has 1 aliphatic carbocycles. The van der Waals surface area contributed by atoms with Crippen molar-refractivity contribution in [1.29, 1.82) is 0 Å². The second-order valence-electron chi connectivity index (χ2n) is 7.96. The van der Waals surface area contributed by atoms with Gasteiger partial charge in [0.05, 0.1) is 28.7 Å². The van der Waals surface area contributed by atoms with Gasteiger partial charge < -0.3 is 10.6 Å². The summed E-state index contributed by atoms with van der Waals surface area (Å²) in [5.41, 5.74) is 2.09. The van der Waals surface area contributed by atoms with E-state index in [9.17, 15) is 9.59 Å². The van der Waals surface area contributed by atoms with Crippen LogP contribution in [0.4, 0.5) is 5.69 Å². The zero-order chi connectivity index (χ0) is 21.5. The third-order valence-corrected chi connectivity index (χ3v) is 6.72. The summed E-state index contributed by atoms with van der Waals surface area (Å²) in [5.74, 6) is 0.720. The molecule has 0 bridgehead atoms. The lowest BCUT2D eigenvalue weighted by atomic mass is 9.89. The highest BCUT2D eigenvalue weighted by atomic mass is 32.2. The normalized spacial score (nSPS) is 14.3. The number of anilines is 1. The smallest absolute Gasteiger partial charge is 0.256 e. The van der Waals surface area contributed by atoms with Crippen LogP contribution < -0.4 is 10.6 Å². The van der Waals surface area contributed by atoms with Crippen LogP contribution in [0, 0.1) is 5.92 Å². The molecule has 0 aliphatic heterocycles. The van der Waals surface area contributed by atoms with E-state index in [-0.39, 0.29) is 11.8 Å². The van der Waals surface area contributed by atoms with Crippen molar-refractivity contribution in [3.63, 3.8) is 0 Å². The number of amides is 2. The fraction of sp³-hybridized carbons (Fsp3) is 0.320.